The van der Waals surface area contributed by atoms with E-state index >= 15 is 0 Å². The van der Waals surface area contributed by atoms with E-state index in [2.05, 4.69) is 4.98 Å². The van der Waals surface area contributed by atoms with Crippen molar-refractivity contribution in [1.29, 1.82) is 0 Å². The maximum absolute atomic E-state index is 10.6. The van der Waals surface area contributed by atoms with Gasteiger partial charge >= 0.3 is 6.01 Å². The predicted molar refractivity (Wildman–Crippen MR) is 58.2 cm³/mol. The van der Waals surface area contributed by atoms with Gasteiger partial charge in [-0.25, -0.2) is 0 Å². The Bertz CT molecular complexity index is 703. The Morgan fingerprint density at radius 1 is 1.19 bits per heavy atom. The summed E-state index contributed by atoms with van der Waals surface area (Å²) in [4.78, 5) is 13.8. The Balaban J connectivity index is 2.46. The molecule has 78 valence electrons. The fraction of sp³-hybridized carbons (Fsp3) is 0. The molecule has 0 spiro atoms. The van der Waals surface area contributed by atoms with E-state index < -0.39 is 10.9 Å². The number of oxazole rings is 1. The summed E-state index contributed by atoms with van der Waals surface area (Å²) in [6.07, 6.45) is 0. The van der Waals surface area contributed by atoms with Crippen LogP contribution >= 0.6 is 0 Å². The van der Waals surface area contributed by atoms with Gasteiger partial charge in [0, 0.05) is 15.3 Å². The molecule has 0 amide bonds. The van der Waals surface area contributed by atoms with Crippen molar-refractivity contribution in [3.8, 4) is 0 Å². The smallest absolute Gasteiger partial charge is 0.381 e. The molecule has 0 bridgehead atoms. The van der Waals surface area contributed by atoms with Gasteiger partial charge in [-0.3, -0.25) is 0 Å². The molecule has 1 heterocycles. The number of benzene rings is 2. The molecule has 0 aliphatic carbocycles. The molecule has 0 aliphatic heterocycles. The van der Waals surface area contributed by atoms with Crippen LogP contribution in [0.3, 0.4) is 0 Å². The molecule has 5 nitrogen and oxygen atoms in total. The SMILES string of the molecule is O=[N+]([O-])c1nc2c(ccc3ccccc32)o1. The summed E-state index contributed by atoms with van der Waals surface area (Å²) in [5.74, 6) is 0. The van der Waals surface area contributed by atoms with Crippen LogP contribution in [0.1, 0.15) is 0 Å². The van der Waals surface area contributed by atoms with Crippen LogP contribution in [0.15, 0.2) is 40.8 Å². The van der Waals surface area contributed by atoms with E-state index in [1.165, 1.54) is 0 Å². The molecule has 0 radical (unpaired) electrons. The lowest BCUT2D eigenvalue weighted by Gasteiger charge is -1.92. The molecule has 0 fully saturated rings. The highest BCUT2D eigenvalue weighted by molar-refractivity contribution is 6.03. The zero-order valence-electron chi connectivity index (χ0n) is 8.08. The highest BCUT2D eigenvalue weighted by Crippen LogP contribution is 2.27. The quantitative estimate of drug-likeness (QED) is 0.461. The molecule has 0 unspecified atom stereocenters. The van der Waals surface area contributed by atoms with Crippen molar-refractivity contribution < 1.29 is 9.34 Å². The summed E-state index contributed by atoms with van der Waals surface area (Å²) in [7, 11) is 0. The number of rotatable bonds is 1. The topological polar surface area (TPSA) is 69.2 Å². The van der Waals surface area contributed by atoms with Crippen LogP contribution in [0.5, 0.6) is 0 Å². The largest absolute Gasteiger partial charge is 0.546 e. The van der Waals surface area contributed by atoms with E-state index in [0.717, 1.165) is 10.8 Å². The van der Waals surface area contributed by atoms with Crippen LogP contribution in [0.2, 0.25) is 0 Å². The fourth-order valence-corrected chi connectivity index (χ4v) is 1.73. The second kappa shape index (κ2) is 3.03. The highest BCUT2D eigenvalue weighted by atomic mass is 16.7. The average Bonchev–Trinajstić information content (AvgIpc) is 2.73. The second-order valence-corrected chi connectivity index (χ2v) is 3.39. The molecule has 0 atom stereocenters. The standard InChI is InChI=1S/C11H6N2O3/c14-13(15)11-12-10-8-4-2-1-3-7(8)5-6-9(10)16-11/h1-6H. The van der Waals surface area contributed by atoms with Gasteiger partial charge in [-0.05, 0) is 17.5 Å². The Kier molecular flexibility index (Phi) is 1.67. The third-order valence-corrected chi connectivity index (χ3v) is 2.43. The lowest BCUT2D eigenvalue weighted by molar-refractivity contribution is -0.406. The molecule has 0 saturated heterocycles. The first-order valence-electron chi connectivity index (χ1n) is 4.68. The molecule has 1 aromatic heterocycles. The number of hydrogen-bond acceptors (Lipinski definition) is 4. The lowest BCUT2D eigenvalue weighted by atomic mass is 10.1. The second-order valence-electron chi connectivity index (χ2n) is 3.39. The molecule has 2 aromatic carbocycles. The molecule has 0 N–H and O–H groups in total. The average molecular weight is 214 g/mol. The van der Waals surface area contributed by atoms with Gasteiger partial charge in [-0.1, -0.05) is 24.3 Å². The minimum absolute atomic E-state index is 0.436. The molecule has 16 heavy (non-hydrogen) atoms. The first-order chi connectivity index (χ1) is 7.75. The summed E-state index contributed by atoms with van der Waals surface area (Å²) in [6, 6.07) is 10.6. The fourth-order valence-electron chi connectivity index (χ4n) is 1.73. The summed E-state index contributed by atoms with van der Waals surface area (Å²) < 4.78 is 5.03. The van der Waals surface area contributed by atoms with Crippen LogP contribution < -0.4 is 0 Å². The molecule has 0 saturated carbocycles. The Morgan fingerprint density at radius 2 is 2.00 bits per heavy atom. The monoisotopic (exact) mass is 214 g/mol. The third-order valence-electron chi connectivity index (χ3n) is 2.43. The van der Waals surface area contributed by atoms with Crippen molar-refractivity contribution in [2.24, 2.45) is 0 Å². The summed E-state index contributed by atoms with van der Waals surface area (Å²) in [6.45, 7) is 0. The first kappa shape index (κ1) is 8.84. The third kappa shape index (κ3) is 1.15. The first-order valence-corrected chi connectivity index (χ1v) is 4.68. The van der Waals surface area contributed by atoms with E-state index in [-0.39, 0.29) is 0 Å². The van der Waals surface area contributed by atoms with Gasteiger partial charge in [0.05, 0.1) is 0 Å². The minimum Gasteiger partial charge on any atom is -0.381 e. The van der Waals surface area contributed by atoms with Crippen molar-refractivity contribution in [2.45, 2.75) is 0 Å². The molecular formula is C11H6N2O3. The number of fused-ring (bicyclic) bond motifs is 3. The van der Waals surface area contributed by atoms with Crippen molar-refractivity contribution >= 4 is 27.9 Å². The molecule has 3 rings (SSSR count). The van der Waals surface area contributed by atoms with E-state index in [1.807, 2.05) is 30.3 Å². The maximum Gasteiger partial charge on any atom is 0.546 e. The number of nitro groups is 1. The van der Waals surface area contributed by atoms with Gasteiger partial charge in [0.15, 0.2) is 5.58 Å². The van der Waals surface area contributed by atoms with Crippen molar-refractivity contribution in [1.82, 2.24) is 4.98 Å². The van der Waals surface area contributed by atoms with Gasteiger partial charge in [-0.15, -0.1) is 0 Å². The zero-order valence-corrected chi connectivity index (χ0v) is 8.08. The van der Waals surface area contributed by atoms with Crippen LogP contribution in [0, 0.1) is 10.1 Å². The van der Waals surface area contributed by atoms with Crippen molar-refractivity contribution in [3.05, 3.63) is 46.5 Å². The summed E-state index contributed by atoms with van der Waals surface area (Å²) in [5.41, 5.74) is 0.968. The van der Waals surface area contributed by atoms with Crippen molar-refractivity contribution in [2.75, 3.05) is 0 Å². The van der Waals surface area contributed by atoms with Crippen LogP contribution in [0.25, 0.3) is 21.9 Å². The zero-order chi connectivity index (χ0) is 11.1. The molecule has 3 aromatic rings. The molecular weight excluding hydrogens is 208 g/mol. The van der Waals surface area contributed by atoms with Gasteiger partial charge in [-0.2, -0.15) is 0 Å². The number of aromatic nitrogens is 1. The molecule has 0 aliphatic rings. The van der Waals surface area contributed by atoms with E-state index in [1.54, 1.807) is 6.07 Å². The predicted octanol–water partition coefficient (Wildman–Crippen LogP) is 2.89. The lowest BCUT2D eigenvalue weighted by Crippen LogP contribution is -1.85. The van der Waals surface area contributed by atoms with E-state index in [0.29, 0.717) is 11.1 Å². The van der Waals surface area contributed by atoms with Crippen LogP contribution in [-0.4, -0.2) is 9.91 Å². The molecule has 5 heteroatoms. The van der Waals surface area contributed by atoms with Gasteiger partial charge in [0.2, 0.25) is 5.52 Å². The highest BCUT2D eigenvalue weighted by Gasteiger charge is 2.19. The maximum atomic E-state index is 10.6. The van der Waals surface area contributed by atoms with E-state index in [4.69, 9.17) is 4.42 Å². The normalized spacial score (nSPS) is 11.0. The summed E-state index contributed by atoms with van der Waals surface area (Å²) in [5, 5.41) is 12.4. The van der Waals surface area contributed by atoms with E-state index in [9.17, 15) is 10.1 Å². The summed E-state index contributed by atoms with van der Waals surface area (Å²) >= 11 is 0. The Morgan fingerprint density at radius 3 is 2.81 bits per heavy atom. The number of hydrogen-bond donors (Lipinski definition) is 0. The van der Waals surface area contributed by atoms with Crippen LogP contribution in [-0.2, 0) is 0 Å². The number of nitrogens with zero attached hydrogens (tertiary/aromatic N) is 2. The van der Waals surface area contributed by atoms with Crippen molar-refractivity contribution in [3.63, 3.8) is 0 Å². The Labute approximate surface area is 89.5 Å². The minimum atomic E-state index is -0.630. The van der Waals surface area contributed by atoms with Gasteiger partial charge < -0.3 is 14.5 Å². The Hall–Kier alpha value is -2.43. The van der Waals surface area contributed by atoms with Gasteiger partial charge in [0.1, 0.15) is 0 Å². The van der Waals surface area contributed by atoms with Crippen LogP contribution in [0.4, 0.5) is 6.01 Å². The van der Waals surface area contributed by atoms with Gasteiger partial charge in [0.25, 0.3) is 0 Å².